The lowest BCUT2D eigenvalue weighted by atomic mass is 9.93. The number of halogens is 2. The Kier molecular flexibility index (Phi) is 4.26. The van der Waals surface area contributed by atoms with Crippen molar-refractivity contribution in [2.75, 3.05) is 0 Å². The summed E-state index contributed by atoms with van der Waals surface area (Å²) in [6.45, 7) is 2.14. The average Bonchev–Trinajstić information content (AvgIpc) is 2.69. The van der Waals surface area contributed by atoms with E-state index in [2.05, 4.69) is 35.0 Å². The minimum absolute atomic E-state index is 0.0220. The van der Waals surface area contributed by atoms with Gasteiger partial charge in [-0.1, -0.05) is 48.9 Å². The van der Waals surface area contributed by atoms with Crippen LogP contribution in [0.2, 0.25) is 4.34 Å². The van der Waals surface area contributed by atoms with Crippen LogP contribution in [0, 0.1) is 0 Å². The zero-order valence-corrected chi connectivity index (χ0v) is 12.5. The molecule has 1 aromatic heterocycles. The third-order valence-electron chi connectivity index (χ3n) is 2.86. The molecule has 0 saturated heterocycles. The van der Waals surface area contributed by atoms with Gasteiger partial charge in [-0.3, -0.25) is 0 Å². The highest BCUT2D eigenvalue weighted by molar-refractivity contribution is 9.10. The van der Waals surface area contributed by atoms with E-state index >= 15 is 0 Å². The van der Waals surface area contributed by atoms with Gasteiger partial charge in [0.15, 0.2) is 0 Å². The molecule has 2 N–H and O–H groups in total. The van der Waals surface area contributed by atoms with Crippen LogP contribution in [0.25, 0.3) is 0 Å². The lowest BCUT2D eigenvalue weighted by Gasteiger charge is -2.18. The maximum Gasteiger partial charge on any atom is 0.107 e. The second kappa shape index (κ2) is 5.53. The highest BCUT2D eigenvalue weighted by atomic mass is 79.9. The zero-order chi connectivity index (χ0) is 12.4. The molecule has 0 spiro atoms. The molecule has 0 aliphatic heterocycles. The summed E-state index contributed by atoms with van der Waals surface area (Å²) in [5.41, 5.74) is 7.53. The van der Waals surface area contributed by atoms with Crippen LogP contribution < -0.4 is 5.73 Å². The molecule has 1 heterocycles. The van der Waals surface area contributed by atoms with Crippen molar-refractivity contribution in [1.29, 1.82) is 0 Å². The molecule has 0 fully saturated rings. The van der Waals surface area contributed by atoms with Gasteiger partial charge in [0.2, 0.25) is 0 Å². The van der Waals surface area contributed by atoms with E-state index in [0.29, 0.717) is 0 Å². The molecule has 0 saturated carbocycles. The molecule has 0 radical (unpaired) electrons. The first-order chi connectivity index (χ1) is 8.09. The number of thiophene rings is 1. The van der Waals surface area contributed by atoms with E-state index in [1.165, 1.54) is 16.9 Å². The van der Waals surface area contributed by atoms with Crippen LogP contribution in [-0.2, 0) is 0 Å². The largest absolute Gasteiger partial charge is 0.323 e. The van der Waals surface area contributed by atoms with E-state index in [1.807, 2.05) is 24.3 Å². The minimum Gasteiger partial charge on any atom is -0.323 e. The average molecular weight is 331 g/mol. The fraction of sp³-hybridized carbons (Fsp3) is 0.231. The van der Waals surface area contributed by atoms with Crippen LogP contribution in [0.3, 0.4) is 0 Å². The summed E-state index contributed by atoms with van der Waals surface area (Å²) in [7, 11) is 0. The van der Waals surface area contributed by atoms with E-state index in [4.69, 9.17) is 17.3 Å². The van der Waals surface area contributed by atoms with Gasteiger partial charge in [0.1, 0.15) is 4.34 Å². The van der Waals surface area contributed by atoms with Crippen molar-refractivity contribution >= 4 is 38.9 Å². The lowest BCUT2D eigenvalue weighted by Crippen LogP contribution is -2.16. The molecule has 0 amide bonds. The Morgan fingerprint density at radius 2 is 1.94 bits per heavy atom. The molecule has 4 heteroatoms. The third kappa shape index (κ3) is 2.91. The van der Waals surface area contributed by atoms with Gasteiger partial charge in [-0.15, -0.1) is 11.3 Å². The number of hydrogen-bond donors (Lipinski definition) is 1. The molecule has 1 aromatic carbocycles. The third-order valence-corrected chi connectivity index (χ3v) is 5.43. The SMILES string of the molecule is CC(c1ccccc1)C(N)c1cc(Br)c(Cl)s1. The molecule has 17 heavy (non-hydrogen) atoms. The summed E-state index contributed by atoms with van der Waals surface area (Å²) in [6.07, 6.45) is 0. The summed E-state index contributed by atoms with van der Waals surface area (Å²) in [5, 5.41) is 0. The highest BCUT2D eigenvalue weighted by Gasteiger charge is 2.19. The number of rotatable bonds is 3. The van der Waals surface area contributed by atoms with Gasteiger partial charge in [0.05, 0.1) is 0 Å². The molecule has 0 aliphatic carbocycles. The Morgan fingerprint density at radius 1 is 1.29 bits per heavy atom. The van der Waals surface area contributed by atoms with Gasteiger partial charge in [0, 0.05) is 21.3 Å². The van der Waals surface area contributed by atoms with Crippen LogP contribution in [0.1, 0.15) is 29.3 Å². The van der Waals surface area contributed by atoms with Crippen molar-refractivity contribution in [3.8, 4) is 0 Å². The van der Waals surface area contributed by atoms with Crippen LogP contribution in [0.15, 0.2) is 40.9 Å². The predicted molar refractivity (Wildman–Crippen MR) is 78.8 cm³/mol. The molecule has 90 valence electrons. The smallest absolute Gasteiger partial charge is 0.107 e. The standard InChI is InChI=1S/C13H13BrClNS/c1-8(9-5-3-2-4-6-9)12(16)11-7-10(14)13(15)17-11/h2-8,12H,16H2,1H3. The quantitative estimate of drug-likeness (QED) is 0.845. The van der Waals surface area contributed by atoms with Gasteiger partial charge in [0.25, 0.3) is 0 Å². The van der Waals surface area contributed by atoms with Crippen molar-refractivity contribution in [2.45, 2.75) is 18.9 Å². The Labute approximate surface area is 119 Å². The fourth-order valence-electron chi connectivity index (χ4n) is 1.74. The summed E-state index contributed by atoms with van der Waals surface area (Å²) < 4.78 is 1.69. The molecule has 2 atom stereocenters. The van der Waals surface area contributed by atoms with E-state index in [-0.39, 0.29) is 12.0 Å². The second-order valence-electron chi connectivity index (χ2n) is 4.00. The van der Waals surface area contributed by atoms with Crippen molar-refractivity contribution in [3.05, 3.63) is 55.6 Å². The highest BCUT2D eigenvalue weighted by Crippen LogP contribution is 2.38. The normalized spacial score (nSPS) is 14.6. The van der Waals surface area contributed by atoms with Crippen LogP contribution in [0.4, 0.5) is 0 Å². The molecule has 1 nitrogen and oxygen atoms in total. The topological polar surface area (TPSA) is 26.0 Å². The molecular weight excluding hydrogens is 318 g/mol. The van der Waals surface area contributed by atoms with E-state index in [9.17, 15) is 0 Å². The number of benzene rings is 1. The monoisotopic (exact) mass is 329 g/mol. The van der Waals surface area contributed by atoms with E-state index < -0.39 is 0 Å². The van der Waals surface area contributed by atoms with Gasteiger partial charge in [-0.05, 0) is 27.6 Å². The Morgan fingerprint density at radius 3 is 2.47 bits per heavy atom. The van der Waals surface area contributed by atoms with Crippen molar-refractivity contribution < 1.29 is 0 Å². The Balaban J connectivity index is 2.23. The molecule has 2 aromatic rings. The maximum atomic E-state index is 6.28. The lowest BCUT2D eigenvalue weighted by molar-refractivity contribution is 0.607. The predicted octanol–water partition coefficient (Wildman–Crippen LogP) is 4.97. The van der Waals surface area contributed by atoms with Gasteiger partial charge in [-0.25, -0.2) is 0 Å². The first-order valence-corrected chi connectivity index (χ1v) is 7.33. The van der Waals surface area contributed by atoms with Gasteiger partial charge < -0.3 is 5.73 Å². The molecular formula is C13H13BrClNS. The Bertz CT molecular complexity index is 478. The van der Waals surface area contributed by atoms with Gasteiger partial charge in [-0.2, -0.15) is 0 Å². The molecule has 0 bridgehead atoms. The van der Waals surface area contributed by atoms with Crippen LogP contribution >= 0.6 is 38.9 Å². The molecule has 0 aliphatic rings. The van der Waals surface area contributed by atoms with E-state index in [0.717, 1.165) is 13.7 Å². The molecule has 2 rings (SSSR count). The first kappa shape index (κ1) is 13.1. The van der Waals surface area contributed by atoms with Crippen molar-refractivity contribution in [2.24, 2.45) is 5.73 Å². The summed E-state index contributed by atoms with van der Waals surface area (Å²) >= 11 is 11.0. The molecule has 2 unspecified atom stereocenters. The van der Waals surface area contributed by atoms with Crippen LogP contribution in [-0.4, -0.2) is 0 Å². The maximum absolute atomic E-state index is 6.28. The zero-order valence-electron chi connectivity index (χ0n) is 9.36. The Hall–Kier alpha value is -0.350. The number of hydrogen-bond acceptors (Lipinski definition) is 2. The van der Waals surface area contributed by atoms with Crippen LogP contribution in [0.5, 0.6) is 0 Å². The van der Waals surface area contributed by atoms with Gasteiger partial charge >= 0.3 is 0 Å². The fourth-order valence-corrected chi connectivity index (χ4v) is 3.58. The second-order valence-corrected chi connectivity index (χ2v) is 6.54. The van der Waals surface area contributed by atoms with E-state index in [1.54, 1.807) is 0 Å². The summed E-state index contributed by atoms with van der Waals surface area (Å²) in [6, 6.07) is 12.3. The summed E-state index contributed by atoms with van der Waals surface area (Å²) in [5.74, 6) is 0.276. The van der Waals surface area contributed by atoms with Crippen molar-refractivity contribution in [3.63, 3.8) is 0 Å². The van der Waals surface area contributed by atoms with Crippen molar-refractivity contribution in [1.82, 2.24) is 0 Å². The summed E-state index contributed by atoms with van der Waals surface area (Å²) in [4.78, 5) is 1.11. The number of nitrogens with two attached hydrogens (primary N) is 1. The minimum atomic E-state index is -0.0220. The first-order valence-electron chi connectivity index (χ1n) is 5.35.